The van der Waals surface area contributed by atoms with E-state index in [2.05, 4.69) is 56.8 Å². The first-order valence-electron chi connectivity index (χ1n) is 12.7. The first-order chi connectivity index (χ1) is 16.0. The number of rotatable bonds is 12. The summed E-state index contributed by atoms with van der Waals surface area (Å²) in [5.41, 5.74) is 7.71. The summed E-state index contributed by atoms with van der Waals surface area (Å²) in [6.07, 6.45) is 8.16. The van der Waals surface area contributed by atoms with Gasteiger partial charge in [-0.3, -0.25) is 0 Å². The molecule has 180 valence electrons. The molecule has 3 nitrogen and oxygen atoms in total. The molecule has 1 fully saturated rings. The van der Waals surface area contributed by atoms with Crippen LogP contribution >= 0.6 is 0 Å². The highest BCUT2D eigenvalue weighted by Crippen LogP contribution is 2.38. The summed E-state index contributed by atoms with van der Waals surface area (Å²) in [6, 6.07) is 13.6. The molecular formula is C30H42O3. The fourth-order valence-corrected chi connectivity index (χ4v) is 4.88. The van der Waals surface area contributed by atoms with Crippen molar-refractivity contribution in [3.05, 3.63) is 65.2 Å². The van der Waals surface area contributed by atoms with Gasteiger partial charge < -0.3 is 14.6 Å². The third kappa shape index (κ3) is 7.45. The molecule has 0 amide bonds. The van der Waals surface area contributed by atoms with Gasteiger partial charge in [-0.25, -0.2) is 0 Å². The first-order valence-corrected chi connectivity index (χ1v) is 12.7. The van der Waals surface area contributed by atoms with Crippen molar-refractivity contribution in [2.45, 2.75) is 71.6 Å². The quantitative estimate of drug-likeness (QED) is 0.277. The van der Waals surface area contributed by atoms with Crippen LogP contribution in [0.15, 0.2) is 48.6 Å². The van der Waals surface area contributed by atoms with Crippen LogP contribution in [0, 0.1) is 5.92 Å². The van der Waals surface area contributed by atoms with Crippen LogP contribution in [-0.4, -0.2) is 31.5 Å². The van der Waals surface area contributed by atoms with Crippen molar-refractivity contribution in [3.63, 3.8) is 0 Å². The summed E-state index contributed by atoms with van der Waals surface area (Å²) in [4.78, 5) is 0. The molecule has 0 bridgehead atoms. The van der Waals surface area contributed by atoms with Crippen LogP contribution in [0.1, 0.15) is 75.5 Å². The van der Waals surface area contributed by atoms with Gasteiger partial charge in [0, 0.05) is 6.61 Å². The first kappa shape index (κ1) is 25.5. The van der Waals surface area contributed by atoms with Gasteiger partial charge >= 0.3 is 0 Å². The van der Waals surface area contributed by atoms with Crippen LogP contribution in [0.25, 0.3) is 11.1 Å². The van der Waals surface area contributed by atoms with E-state index in [-0.39, 0.29) is 6.61 Å². The van der Waals surface area contributed by atoms with E-state index in [4.69, 9.17) is 9.47 Å². The lowest BCUT2D eigenvalue weighted by atomic mass is 9.78. The second-order valence-electron chi connectivity index (χ2n) is 9.73. The average molecular weight is 451 g/mol. The molecule has 0 aromatic heterocycles. The maximum absolute atomic E-state index is 9.21. The Morgan fingerprint density at radius 1 is 1.03 bits per heavy atom. The summed E-state index contributed by atoms with van der Waals surface area (Å²) in [5, 5.41) is 9.21. The summed E-state index contributed by atoms with van der Waals surface area (Å²) in [5.74, 6) is 2.45. The Morgan fingerprint density at radius 3 is 2.52 bits per heavy atom. The molecule has 0 radical (unpaired) electrons. The Morgan fingerprint density at radius 2 is 1.82 bits per heavy atom. The molecule has 1 aliphatic carbocycles. The van der Waals surface area contributed by atoms with Crippen molar-refractivity contribution in [3.8, 4) is 16.9 Å². The summed E-state index contributed by atoms with van der Waals surface area (Å²) < 4.78 is 11.5. The zero-order valence-electron chi connectivity index (χ0n) is 20.9. The summed E-state index contributed by atoms with van der Waals surface area (Å²) >= 11 is 0. The van der Waals surface area contributed by atoms with E-state index in [1.807, 2.05) is 6.92 Å². The van der Waals surface area contributed by atoms with Crippen LogP contribution in [0.2, 0.25) is 0 Å². The fourth-order valence-electron chi connectivity index (χ4n) is 4.88. The van der Waals surface area contributed by atoms with Gasteiger partial charge in [-0.05, 0) is 90.8 Å². The average Bonchev–Trinajstić information content (AvgIpc) is 2.82. The normalized spacial score (nSPS) is 18.3. The third-order valence-electron chi connectivity index (χ3n) is 6.80. The molecule has 3 heteroatoms. The van der Waals surface area contributed by atoms with Gasteiger partial charge in [-0.1, -0.05) is 63.1 Å². The van der Waals surface area contributed by atoms with Gasteiger partial charge in [0.2, 0.25) is 0 Å². The third-order valence-corrected chi connectivity index (χ3v) is 6.80. The predicted molar refractivity (Wildman–Crippen MR) is 138 cm³/mol. The number of benzene rings is 2. The smallest absolute Gasteiger partial charge is 0.122 e. The highest BCUT2D eigenvalue weighted by atomic mass is 16.5. The van der Waals surface area contributed by atoms with E-state index >= 15 is 0 Å². The van der Waals surface area contributed by atoms with Crippen molar-refractivity contribution >= 4 is 0 Å². The van der Waals surface area contributed by atoms with Gasteiger partial charge in [0.15, 0.2) is 0 Å². The minimum atomic E-state index is 0.0182. The lowest BCUT2D eigenvalue weighted by Gasteiger charge is -2.27. The van der Waals surface area contributed by atoms with E-state index in [9.17, 15) is 5.11 Å². The standard InChI is InChI=1S/C30H42O3/c1-5-24-19-26(25-10-8-23(4)9-11-25)12-14-29(24)27-13-15-30(33-18-16-31)28(20-27)7-6-17-32-21-22(2)3/h12-15,19-20,23,25,31H,2,5-11,16-18,21H2,1,3-4H3. The van der Waals surface area contributed by atoms with Crippen LogP contribution < -0.4 is 4.74 Å². The number of hydrogen-bond acceptors (Lipinski definition) is 3. The molecule has 0 unspecified atom stereocenters. The zero-order valence-corrected chi connectivity index (χ0v) is 20.9. The van der Waals surface area contributed by atoms with Gasteiger partial charge in [0.1, 0.15) is 12.4 Å². The maximum atomic E-state index is 9.21. The second-order valence-corrected chi connectivity index (χ2v) is 9.73. The van der Waals surface area contributed by atoms with E-state index in [0.717, 1.165) is 36.5 Å². The largest absolute Gasteiger partial charge is 0.491 e. The molecule has 2 aromatic rings. The number of ether oxygens (including phenoxy) is 2. The van der Waals surface area contributed by atoms with Crippen molar-refractivity contribution < 1.29 is 14.6 Å². The molecule has 1 aliphatic rings. The monoisotopic (exact) mass is 450 g/mol. The van der Waals surface area contributed by atoms with Crippen molar-refractivity contribution in [1.82, 2.24) is 0 Å². The Kier molecular flexibility index (Phi) is 10.0. The lowest BCUT2D eigenvalue weighted by Crippen LogP contribution is -2.11. The number of hydrogen-bond donors (Lipinski definition) is 1. The van der Waals surface area contributed by atoms with Crippen molar-refractivity contribution in [1.29, 1.82) is 0 Å². The van der Waals surface area contributed by atoms with Crippen molar-refractivity contribution in [2.75, 3.05) is 26.4 Å². The van der Waals surface area contributed by atoms with E-state index in [0.29, 0.717) is 25.7 Å². The molecule has 1 saturated carbocycles. The molecule has 1 N–H and O–H groups in total. The van der Waals surface area contributed by atoms with Crippen LogP contribution in [0.5, 0.6) is 5.75 Å². The molecule has 0 spiro atoms. The van der Waals surface area contributed by atoms with Crippen molar-refractivity contribution in [2.24, 2.45) is 5.92 Å². The zero-order chi connectivity index (χ0) is 23.6. The van der Waals surface area contributed by atoms with Gasteiger partial charge in [-0.15, -0.1) is 0 Å². The number of aryl methyl sites for hydroxylation is 2. The second kappa shape index (κ2) is 13.0. The number of aliphatic hydroxyl groups is 1. The Hall–Kier alpha value is -2.10. The summed E-state index contributed by atoms with van der Waals surface area (Å²) in [7, 11) is 0. The molecule has 3 rings (SSSR count). The minimum Gasteiger partial charge on any atom is -0.491 e. The van der Waals surface area contributed by atoms with E-state index in [1.165, 1.54) is 53.5 Å². The summed E-state index contributed by atoms with van der Waals surface area (Å²) in [6.45, 7) is 12.2. The Bertz CT molecular complexity index is 893. The van der Waals surface area contributed by atoms with Gasteiger partial charge in [-0.2, -0.15) is 0 Å². The predicted octanol–water partition coefficient (Wildman–Crippen LogP) is 7.11. The van der Waals surface area contributed by atoms with E-state index < -0.39 is 0 Å². The topological polar surface area (TPSA) is 38.7 Å². The fraction of sp³-hybridized carbons (Fsp3) is 0.533. The van der Waals surface area contributed by atoms with Gasteiger partial charge in [0.05, 0.1) is 13.2 Å². The van der Waals surface area contributed by atoms with Crippen LogP contribution in [0.4, 0.5) is 0 Å². The highest BCUT2D eigenvalue weighted by molar-refractivity contribution is 5.70. The van der Waals surface area contributed by atoms with Crippen LogP contribution in [0.3, 0.4) is 0 Å². The van der Waals surface area contributed by atoms with Gasteiger partial charge in [0.25, 0.3) is 0 Å². The minimum absolute atomic E-state index is 0.0182. The highest BCUT2D eigenvalue weighted by Gasteiger charge is 2.20. The maximum Gasteiger partial charge on any atom is 0.122 e. The molecule has 0 aliphatic heterocycles. The molecule has 2 aromatic carbocycles. The lowest BCUT2D eigenvalue weighted by molar-refractivity contribution is 0.153. The molecular weight excluding hydrogens is 408 g/mol. The SMILES string of the molecule is C=C(C)COCCCc1cc(-c2ccc(C3CCC(C)CC3)cc2CC)ccc1OCCO. The molecule has 33 heavy (non-hydrogen) atoms. The Labute approximate surface area is 200 Å². The van der Waals surface area contributed by atoms with Crippen LogP contribution in [-0.2, 0) is 17.6 Å². The van der Waals surface area contributed by atoms with E-state index in [1.54, 1.807) is 0 Å². The molecule has 0 heterocycles. The molecule has 0 saturated heterocycles. The number of aliphatic hydroxyl groups excluding tert-OH is 1. The molecule has 0 atom stereocenters. The Balaban J connectivity index is 1.79.